The molecule has 0 spiro atoms. The third-order valence-electron chi connectivity index (χ3n) is 6.81. The highest BCUT2D eigenvalue weighted by atomic mass is 35.5. The Kier molecular flexibility index (Phi) is 6.25. The number of benzene rings is 1. The maximum atomic E-state index is 13.1. The molecule has 0 bridgehead atoms. The van der Waals surface area contributed by atoms with Crippen LogP contribution in [0.4, 0.5) is 24.7 Å². The van der Waals surface area contributed by atoms with Gasteiger partial charge in [-0.2, -0.15) is 18.2 Å². The molecule has 0 unspecified atom stereocenters. The summed E-state index contributed by atoms with van der Waals surface area (Å²) in [5.41, 5.74) is 6.78. The molecule has 2 aromatic heterocycles. The summed E-state index contributed by atoms with van der Waals surface area (Å²) in [6.45, 7) is 3.37. The van der Waals surface area contributed by atoms with Crippen LogP contribution in [0.5, 0.6) is 5.88 Å². The van der Waals surface area contributed by atoms with Gasteiger partial charge in [0.05, 0.1) is 5.71 Å². The highest BCUT2D eigenvalue weighted by molar-refractivity contribution is 6.32. The molecule has 3 N–H and O–H groups in total. The van der Waals surface area contributed by atoms with Gasteiger partial charge in [-0.25, -0.2) is 14.8 Å². The number of nitrogen functional groups attached to an aromatic ring is 1. The highest BCUT2D eigenvalue weighted by Gasteiger charge is 2.40. The van der Waals surface area contributed by atoms with E-state index >= 15 is 0 Å². The number of fused-ring (bicyclic) bond motifs is 1. The first-order valence-electron chi connectivity index (χ1n) is 11.8. The summed E-state index contributed by atoms with van der Waals surface area (Å²) in [6.07, 6.45) is -0.312. The van der Waals surface area contributed by atoms with Crippen LogP contribution in [0.3, 0.4) is 0 Å². The van der Waals surface area contributed by atoms with Crippen LogP contribution in [0, 0.1) is 5.92 Å². The minimum absolute atomic E-state index is 0.0469. The summed E-state index contributed by atoms with van der Waals surface area (Å²) >= 11 is 6.71. The number of hydrogen-bond donors (Lipinski definition) is 2. The molecule has 9 nitrogen and oxygen atoms in total. The fraction of sp³-hybridized carbons (Fsp3) is 0.458. The zero-order valence-corrected chi connectivity index (χ0v) is 20.8. The summed E-state index contributed by atoms with van der Waals surface area (Å²) < 4.78 is 49.8. The SMILES string of the molecule is CC1(C)Oc2nc(C(F)(F)F)nc(N)c2N=C1c1ccc(C2CCC(Cc3noc(=O)[nH]3)CC2)c(Cl)c1. The molecule has 0 saturated heterocycles. The molecule has 0 radical (unpaired) electrons. The van der Waals surface area contributed by atoms with Gasteiger partial charge in [0.15, 0.2) is 17.3 Å². The van der Waals surface area contributed by atoms with Gasteiger partial charge >= 0.3 is 11.9 Å². The number of halogens is 4. The number of H-pyrrole nitrogens is 1. The molecule has 196 valence electrons. The van der Waals surface area contributed by atoms with E-state index in [1.165, 1.54) is 0 Å². The lowest BCUT2D eigenvalue weighted by molar-refractivity contribution is -0.145. The second kappa shape index (κ2) is 9.16. The van der Waals surface area contributed by atoms with Crippen molar-refractivity contribution in [2.24, 2.45) is 10.9 Å². The second-order valence-corrected chi connectivity index (χ2v) is 10.3. The molecule has 0 atom stereocenters. The lowest BCUT2D eigenvalue weighted by Gasteiger charge is -2.33. The number of aliphatic imine (C=N–C) groups is 1. The Morgan fingerprint density at radius 1 is 1.19 bits per heavy atom. The van der Waals surface area contributed by atoms with Crippen molar-refractivity contribution < 1.29 is 22.4 Å². The number of hydrogen-bond acceptors (Lipinski definition) is 8. The zero-order chi connectivity index (χ0) is 26.5. The van der Waals surface area contributed by atoms with Crippen LogP contribution in [0.25, 0.3) is 0 Å². The molecule has 3 aromatic rings. The minimum Gasteiger partial charge on any atom is -0.463 e. The zero-order valence-electron chi connectivity index (χ0n) is 20.0. The lowest BCUT2D eigenvalue weighted by atomic mass is 9.77. The van der Waals surface area contributed by atoms with E-state index < -0.39 is 29.2 Å². The minimum atomic E-state index is -4.77. The van der Waals surface area contributed by atoms with Crippen LogP contribution in [-0.2, 0) is 12.6 Å². The topological polar surface area (TPSA) is 132 Å². The molecule has 5 rings (SSSR count). The number of nitrogens with two attached hydrogens (primary N) is 1. The smallest absolute Gasteiger partial charge is 0.451 e. The first kappa shape index (κ1) is 25.2. The summed E-state index contributed by atoms with van der Waals surface area (Å²) in [5.74, 6) is -1.42. The van der Waals surface area contributed by atoms with Gasteiger partial charge in [0.25, 0.3) is 0 Å². The van der Waals surface area contributed by atoms with E-state index in [1.807, 2.05) is 12.1 Å². The standard InChI is InChI=1S/C24H24ClF3N6O3/c1-23(2)18(31-17-19(29)32-21(24(26,27)28)33-20(17)36-23)13-7-8-14(15(25)10-13)12-5-3-11(4-6-12)9-16-30-22(35)37-34-16/h7-8,10-12H,3-6,9H2,1-2H3,(H2,29,32,33)(H,30,34,35). The number of alkyl halides is 3. The Labute approximate surface area is 214 Å². The molecule has 13 heteroatoms. The molecule has 1 aliphatic carbocycles. The van der Waals surface area contributed by atoms with Crippen molar-refractivity contribution in [3.8, 4) is 5.88 Å². The van der Waals surface area contributed by atoms with E-state index in [9.17, 15) is 18.0 Å². The van der Waals surface area contributed by atoms with E-state index in [4.69, 9.17) is 22.1 Å². The second-order valence-electron chi connectivity index (χ2n) is 9.86. The van der Waals surface area contributed by atoms with E-state index in [0.29, 0.717) is 34.5 Å². The number of nitrogens with zero attached hydrogens (tertiary/aromatic N) is 4. The number of nitrogens with one attached hydrogen (secondary N) is 1. The third-order valence-corrected chi connectivity index (χ3v) is 7.13. The monoisotopic (exact) mass is 536 g/mol. The van der Waals surface area contributed by atoms with Crippen molar-refractivity contribution in [1.29, 1.82) is 0 Å². The Bertz CT molecular complexity index is 1420. The van der Waals surface area contributed by atoms with Crippen LogP contribution in [0.15, 0.2) is 32.5 Å². The number of aromatic nitrogens is 4. The molecular formula is C24H24ClF3N6O3. The van der Waals surface area contributed by atoms with E-state index in [2.05, 4.69) is 29.6 Å². The quantitative estimate of drug-likeness (QED) is 0.467. The van der Waals surface area contributed by atoms with E-state index in [0.717, 1.165) is 31.2 Å². The van der Waals surface area contributed by atoms with Gasteiger partial charge in [-0.15, -0.1) is 0 Å². The van der Waals surface area contributed by atoms with Gasteiger partial charge in [0.1, 0.15) is 5.60 Å². The molecule has 3 heterocycles. The van der Waals surface area contributed by atoms with Gasteiger partial charge in [0.2, 0.25) is 11.7 Å². The molecule has 0 amide bonds. The number of aromatic amines is 1. The molecule has 1 aromatic carbocycles. The van der Waals surface area contributed by atoms with Gasteiger partial charge < -0.3 is 10.5 Å². The fourth-order valence-electron chi connectivity index (χ4n) is 5.01. The van der Waals surface area contributed by atoms with Crippen molar-refractivity contribution in [3.05, 3.63) is 56.5 Å². The highest BCUT2D eigenvalue weighted by Crippen LogP contribution is 2.43. The van der Waals surface area contributed by atoms with Crippen LogP contribution in [0.2, 0.25) is 5.02 Å². The normalized spacial score (nSPS) is 21.2. The molecule has 1 saturated carbocycles. The number of ether oxygens (including phenoxy) is 1. The summed E-state index contributed by atoms with van der Waals surface area (Å²) in [5, 5.41) is 4.32. The lowest BCUT2D eigenvalue weighted by Crippen LogP contribution is -2.41. The van der Waals surface area contributed by atoms with E-state index in [1.54, 1.807) is 19.9 Å². The van der Waals surface area contributed by atoms with Crippen molar-refractivity contribution in [2.45, 2.75) is 63.6 Å². The first-order valence-corrected chi connectivity index (χ1v) is 12.2. The largest absolute Gasteiger partial charge is 0.463 e. The van der Waals surface area contributed by atoms with E-state index in [-0.39, 0.29) is 17.5 Å². The molecule has 1 aliphatic heterocycles. The van der Waals surface area contributed by atoms with Crippen LogP contribution in [-0.4, -0.2) is 31.4 Å². The van der Waals surface area contributed by atoms with Gasteiger partial charge in [-0.3, -0.25) is 9.51 Å². The van der Waals surface area contributed by atoms with Crippen LogP contribution < -0.4 is 16.2 Å². The summed E-state index contributed by atoms with van der Waals surface area (Å²) in [7, 11) is 0. The predicted octanol–water partition coefficient (Wildman–Crippen LogP) is 5.22. The van der Waals surface area contributed by atoms with Crippen molar-refractivity contribution in [2.75, 3.05) is 5.73 Å². The van der Waals surface area contributed by atoms with Crippen molar-refractivity contribution in [1.82, 2.24) is 20.1 Å². The summed E-state index contributed by atoms with van der Waals surface area (Å²) in [6, 6.07) is 5.63. The average Bonchev–Trinajstić information content (AvgIpc) is 3.22. The number of rotatable bonds is 4. The predicted molar refractivity (Wildman–Crippen MR) is 129 cm³/mol. The number of anilines is 1. The van der Waals surface area contributed by atoms with Gasteiger partial charge in [0, 0.05) is 17.0 Å². The van der Waals surface area contributed by atoms with Crippen LogP contribution in [0.1, 0.15) is 68.2 Å². The Morgan fingerprint density at radius 2 is 1.92 bits per heavy atom. The Hall–Kier alpha value is -3.41. The Morgan fingerprint density at radius 3 is 2.54 bits per heavy atom. The molecule has 2 aliphatic rings. The fourth-order valence-corrected chi connectivity index (χ4v) is 5.34. The van der Waals surface area contributed by atoms with Gasteiger partial charge in [-0.05, 0) is 63.0 Å². The van der Waals surface area contributed by atoms with Gasteiger partial charge in [-0.1, -0.05) is 28.9 Å². The first-order chi connectivity index (χ1) is 17.4. The Balaban J connectivity index is 1.36. The maximum absolute atomic E-state index is 13.1. The van der Waals surface area contributed by atoms with Crippen molar-refractivity contribution >= 4 is 28.8 Å². The maximum Gasteiger partial charge on any atom is 0.451 e. The van der Waals surface area contributed by atoms with Crippen LogP contribution >= 0.6 is 11.6 Å². The van der Waals surface area contributed by atoms with Crippen molar-refractivity contribution in [3.63, 3.8) is 0 Å². The molecular weight excluding hydrogens is 513 g/mol. The molecule has 1 fully saturated rings. The molecule has 37 heavy (non-hydrogen) atoms. The third kappa shape index (κ3) is 5.07. The average molecular weight is 537 g/mol. The summed E-state index contributed by atoms with van der Waals surface area (Å²) in [4.78, 5) is 25.1.